The standard InChI is InChI=1S/C15H17ClN2O2/c1-11(20-13-6-4-5-12(16)9-13)14(19)18-15(10-17)7-2-3-8-15/h4-6,9,11H,2-3,7-8H2,1H3,(H,18,19). The topological polar surface area (TPSA) is 62.1 Å². The second kappa shape index (κ2) is 6.15. The summed E-state index contributed by atoms with van der Waals surface area (Å²) in [4.78, 5) is 12.1. The summed E-state index contributed by atoms with van der Waals surface area (Å²) < 4.78 is 5.55. The van der Waals surface area contributed by atoms with Gasteiger partial charge in [0.1, 0.15) is 11.3 Å². The lowest BCUT2D eigenvalue weighted by molar-refractivity contribution is -0.128. The summed E-state index contributed by atoms with van der Waals surface area (Å²) in [7, 11) is 0. The molecule has 1 amide bonds. The largest absolute Gasteiger partial charge is 0.481 e. The number of halogens is 1. The van der Waals surface area contributed by atoms with Gasteiger partial charge in [-0.2, -0.15) is 5.26 Å². The fraction of sp³-hybridized carbons (Fsp3) is 0.467. The molecule has 1 aliphatic carbocycles. The fourth-order valence-electron chi connectivity index (χ4n) is 2.38. The third-order valence-corrected chi connectivity index (χ3v) is 3.75. The van der Waals surface area contributed by atoms with Crippen LogP contribution in [0.5, 0.6) is 5.75 Å². The maximum atomic E-state index is 12.1. The van der Waals surface area contributed by atoms with Gasteiger partial charge in [-0.25, -0.2) is 0 Å². The van der Waals surface area contributed by atoms with Gasteiger partial charge >= 0.3 is 0 Å². The Balaban J connectivity index is 1.97. The number of nitriles is 1. The van der Waals surface area contributed by atoms with E-state index < -0.39 is 11.6 Å². The summed E-state index contributed by atoms with van der Waals surface area (Å²) in [5, 5.41) is 12.6. The predicted molar refractivity (Wildman–Crippen MR) is 76.5 cm³/mol. The highest BCUT2D eigenvalue weighted by atomic mass is 35.5. The van der Waals surface area contributed by atoms with E-state index in [0.29, 0.717) is 23.6 Å². The van der Waals surface area contributed by atoms with E-state index in [1.807, 2.05) is 0 Å². The van der Waals surface area contributed by atoms with Gasteiger partial charge in [0, 0.05) is 5.02 Å². The molecule has 1 saturated carbocycles. The second-order valence-electron chi connectivity index (χ2n) is 5.11. The summed E-state index contributed by atoms with van der Waals surface area (Å²) in [6.07, 6.45) is 2.69. The van der Waals surface area contributed by atoms with E-state index >= 15 is 0 Å². The van der Waals surface area contributed by atoms with Crippen molar-refractivity contribution in [2.45, 2.75) is 44.2 Å². The Morgan fingerprint density at radius 2 is 2.20 bits per heavy atom. The van der Waals surface area contributed by atoms with Crippen LogP contribution in [0.3, 0.4) is 0 Å². The average molecular weight is 293 g/mol. The van der Waals surface area contributed by atoms with Crippen LogP contribution in [0, 0.1) is 11.3 Å². The maximum absolute atomic E-state index is 12.1. The molecule has 1 atom stereocenters. The van der Waals surface area contributed by atoms with Crippen molar-refractivity contribution in [1.82, 2.24) is 5.32 Å². The highest BCUT2D eigenvalue weighted by Gasteiger charge is 2.36. The van der Waals surface area contributed by atoms with Gasteiger partial charge in [0.2, 0.25) is 0 Å². The highest BCUT2D eigenvalue weighted by Crippen LogP contribution is 2.29. The van der Waals surface area contributed by atoms with Crippen molar-refractivity contribution in [2.24, 2.45) is 0 Å². The minimum atomic E-state index is -0.719. The van der Waals surface area contributed by atoms with Crippen LogP contribution in [-0.4, -0.2) is 17.6 Å². The van der Waals surface area contributed by atoms with Crippen LogP contribution in [0.2, 0.25) is 5.02 Å². The molecule has 0 aromatic heterocycles. The van der Waals surface area contributed by atoms with Crippen LogP contribution >= 0.6 is 11.6 Å². The number of ether oxygens (including phenoxy) is 1. The molecule has 0 radical (unpaired) electrons. The van der Waals surface area contributed by atoms with Crippen molar-refractivity contribution >= 4 is 17.5 Å². The van der Waals surface area contributed by atoms with Gasteiger partial charge in [-0.3, -0.25) is 4.79 Å². The monoisotopic (exact) mass is 292 g/mol. The van der Waals surface area contributed by atoms with E-state index in [4.69, 9.17) is 16.3 Å². The first-order valence-corrected chi connectivity index (χ1v) is 7.08. The van der Waals surface area contributed by atoms with Crippen LogP contribution in [0.15, 0.2) is 24.3 Å². The normalized spacial score (nSPS) is 18.1. The Bertz CT molecular complexity index is 533. The van der Waals surface area contributed by atoms with Gasteiger partial charge in [-0.1, -0.05) is 17.7 Å². The smallest absolute Gasteiger partial charge is 0.262 e. The number of hydrogen-bond acceptors (Lipinski definition) is 3. The molecule has 5 heteroatoms. The number of hydrogen-bond donors (Lipinski definition) is 1. The average Bonchev–Trinajstić information content (AvgIpc) is 2.88. The molecule has 0 bridgehead atoms. The lowest BCUT2D eigenvalue weighted by atomic mass is 9.99. The summed E-state index contributed by atoms with van der Waals surface area (Å²) in [6.45, 7) is 1.66. The van der Waals surface area contributed by atoms with Crippen molar-refractivity contribution in [1.29, 1.82) is 5.26 Å². The Morgan fingerprint density at radius 3 is 2.80 bits per heavy atom. The SMILES string of the molecule is CC(Oc1cccc(Cl)c1)C(=O)NC1(C#N)CCCC1. The number of carbonyl (C=O) groups is 1. The lowest BCUT2D eigenvalue weighted by Crippen LogP contribution is -2.49. The lowest BCUT2D eigenvalue weighted by Gasteiger charge is -2.24. The van der Waals surface area contributed by atoms with Gasteiger partial charge in [0.15, 0.2) is 6.10 Å². The number of benzene rings is 1. The van der Waals surface area contributed by atoms with E-state index in [0.717, 1.165) is 12.8 Å². The molecule has 106 valence electrons. The Morgan fingerprint density at radius 1 is 1.50 bits per heavy atom. The first-order valence-electron chi connectivity index (χ1n) is 6.70. The molecule has 0 aliphatic heterocycles. The first kappa shape index (κ1) is 14.7. The van der Waals surface area contributed by atoms with Gasteiger partial charge in [0.25, 0.3) is 5.91 Å². The van der Waals surface area contributed by atoms with Crippen molar-refractivity contribution in [3.05, 3.63) is 29.3 Å². The van der Waals surface area contributed by atoms with Crippen LogP contribution in [0.1, 0.15) is 32.6 Å². The zero-order chi connectivity index (χ0) is 14.6. The van der Waals surface area contributed by atoms with Gasteiger partial charge in [-0.05, 0) is 50.8 Å². The first-order chi connectivity index (χ1) is 9.54. The van der Waals surface area contributed by atoms with Crippen LogP contribution in [0.4, 0.5) is 0 Å². The molecule has 1 fully saturated rings. The molecule has 1 N–H and O–H groups in total. The molecule has 20 heavy (non-hydrogen) atoms. The third-order valence-electron chi connectivity index (χ3n) is 3.51. The molecule has 0 spiro atoms. The van der Waals surface area contributed by atoms with E-state index in [9.17, 15) is 10.1 Å². The van der Waals surface area contributed by atoms with E-state index in [1.165, 1.54) is 0 Å². The molecular formula is C15H17ClN2O2. The minimum absolute atomic E-state index is 0.270. The van der Waals surface area contributed by atoms with Crippen LogP contribution < -0.4 is 10.1 Å². The van der Waals surface area contributed by atoms with Gasteiger partial charge < -0.3 is 10.1 Å². The van der Waals surface area contributed by atoms with Crippen LogP contribution in [-0.2, 0) is 4.79 Å². The Kier molecular flexibility index (Phi) is 4.51. The van der Waals surface area contributed by atoms with Crippen molar-refractivity contribution < 1.29 is 9.53 Å². The molecule has 1 aromatic carbocycles. The highest BCUT2D eigenvalue weighted by molar-refractivity contribution is 6.30. The maximum Gasteiger partial charge on any atom is 0.262 e. The van der Waals surface area contributed by atoms with Crippen molar-refractivity contribution in [3.8, 4) is 11.8 Å². The van der Waals surface area contributed by atoms with Crippen LogP contribution in [0.25, 0.3) is 0 Å². The van der Waals surface area contributed by atoms with E-state index in [1.54, 1.807) is 31.2 Å². The fourth-order valence-corrected chi connectivity index (χ4v) is 2.56. The molecular weight excluding hydrogens is 276 g/mol. The third kappa shape index (κ3) is 3.43. The molecule has 1 aliphatic rings. The number of carbonyl (C=O) groups excluding carboxylic acids is 1. The quantitative estimate of drug-likeness (QED) is 0.927. The molecule has 1 unspecified atom stereocenters. The summed E-state index contributed by atoms with van der Waals surface area (Å²) in [6, 6.07) is 9.12. The number of nitrogens with one attached hydrogen (secondary N) is 1. The Labute approximate surface area is 123 Å². The summed E-state index contributed by atoms with van der Waals surface area (Å²) in [5.41, 5.74) is -0.719. The Hall–Kier alpha value is -1.73. The number of rotatable bonds is 4. The minimum Gasteiger partial charge on any atom is -0.481 e. The van der Waals surface area contributed by atoms with Gasteiger partial charge in [-0.15, -0.1) is 0 Å². The van der Waals surface area contributed by atoms with Crippen molar-refractivity contribution in [3.63, 3.8) is 0 Å². The zero-order valence-corrected chi connectivity index (χ0v) is 12.1. The zero-order valence-electron chi connectivity index (χ0n) is 11.4. The number of amides is 1. The molecule has 0 heterocycles. The molecule has 4 nitrogen and oxygen atoms in total. The van der Waals surface area contributed by atoms with Crippen molar-refractivity contribution in [2.75, 3.05) is 0 Å². The second-order valence-corrected chi connectivity index (χ2v) is 5.54. The number of nitrogens with zero attached hydrogens (tertiary/aromatic N) is 1. The summed E-state index contributed by atoms with van der Waals surface area (Å²) >= 11 is 5.87. The predicted octanol–water partition coefficient (Wildman–Crippen LogP) is 3.06. The van der Waals surface area contributed by atoms with E-state index in [-0.39, 0.29) is 5.91 Å². The summed E-state index contributed by atoms with van der Waals surface area (Å²) in [5.74, 6) is 0.269. The van der Waals surface area contributed by atoms with Gasteiger partial charge in [0.05, 0.1) is 6.07 Å². The molecule has 0 saturated heterocycles. The molecule has 1 aromatic rings. The van der Waals surface area contributed by atoms with E-state index in [2.05, 4.69) is 11.4 Å². The molecule has 2 rings (SSSR count).